The lowest BCUT2D eigenvalue weighted by Crippen LogP contribution is -2.41. The minimum absolute atomic E-state index is 0.0739. The van der Waals surface area contributed by atoms with E-state index in [0.717, 1.165) is 10.6 Å². The number of carbonyl (C=O) groups is 2. The summed E-state index contributed by atoms with van der Waals surface area (Å²) in [6.07, 6.45) is -0.266. The van der Waals surface area contributed by atoms with Gasteiger partial charge in [-0.3, -0.25) is 9.69 Å². The highest BCUT2D eigenvalue weighted by atomic mass is 35.5. The second-order valence-corrected chi connectivity index (χ2v) is 8.71. The van der Waals surface area contributed by atoms with Gasteiger partial charge in [-0.2, -0.15) is 0 Å². The molecule has 0 spiro atoms. The SMILES string of the molecule is O=C1COCCN1c1ccc(N2C[C@H](CCC(O)c3ccc(Cl)s3)OC2=O)cc1. The summed E-state index contributed by atoms with van der Waals surface area (Å²) in [5.74, 6) is -0.0739. The lowest BCUT2D eigenvalue weighted by molar-refractivity contribution is -0.125. The molecule has 2 fully saturated rings. The second kappa shape index (κ2) is 8.71. The van der Waals surface area contributed by atoms with Crippen LogP contribution in [-0.4, -0.2) is 49.5 Å². The van der Waals surface area contributed by atoms with Crippen molar-refractivity contribution in [1.29, 1.82) is 0 Å². The third-order valence-corrected chi connectivity index (χ3v) is 6.35. The van der Waals surface area contributed by atoms with Crippen LogP contribution in [-0.2, 0) is 14.3 Å². The summed E-state index contributed by atoms with van der Waals surface area (Å²) in [6.45, 7) is 1.54. The fraction of sp³-hybridized carbons (Fsp3) is 0.400. The van der Waals surface area contributed by atoms with Crippen molar-refractivity contribution >= 4 is 46.3 Å². The number of cyclic esters (lactones) is 1. The molecule has 2 amide bonds. The number of nitrogens with zero attached hydrogens (tertiary/aromatic N) is 2. The molecule has 4 rings (SSSR count). The number of ether oxygens (including phenoxy) is 2. The van der Waals surface area contributed by atoms with Crippen LogP contribution in [0, 0.1) is 0 Å². The molecule has 2 saturated heterocycles. The Morgan fingerprint density at radius 3 is 2.52 bits per heavy atom. The number of halogens is 1. The largest absolute Gasteiger partial charge is 0.444 e. The molecule has 1 unspecified atom stereocenters. The summed E-state index contributed by atoms with van der Waals surface area (Å²) in [7, 11) is 0. The van der Waals surface area contributed by atoms with E-state index in [9.17, 15) is 14.7 Å². The van der Waals surface area contributed by atoms with Gasteiger partial charge in [-0.25, -0.2) is 4.79 Å². The molecule has 0 bridgehead atoms. The summed E-state index contributed by atoms with van der Waals surface area (Å²) in [6, 6.07) is 10.8. The number of carbonyl (C=O) groups excluding carboxylic acids is 2. The molecule has 9 heteroatoms. The van der Waals surface area contributed by atoms with Crippen LogP contribution in [0.5, 0.6) is 0 Å². The first-order valence-corrected chi connectivity index (χ1v) is 10.6. The lowest BCUT2D eigenvalue weighted by Gasteiger charge is -2.27. The Labute approximate surface area is 177 Å². The lowest BCUT2D eigenvalue weighted by atomic mass is 10.1. The van der Waals surface area contributed by atoms with E-state index in [1.54, 1.807) is 15.9 Å². The number of thiophene rings is 1. The number of aliphatic hydroxyl groups excluding tert-OH is 1. The number of hydrogen-bond donors (Lipinski definition) is 1. The quantitative estimate of drug-likeness (QED) is 0.748. The monoisotopic (exact) mass is 436 g/mol. The highest BCUT2D eigenvalue weighted by molar-refractivity contribution is 7.16. The van der Waals surface area contributed by atoms with E-state index >= 15 is 0 Å². The molecular weight excluding hydrogens is 416 g/mol. The zero-order valence-electron chi connectivity index (χ0n) is 15.6. The van der Waals surface area contributed by atoms with Crippen molar-refractivity contribution in [2.75, 3.05) is 36.1 Å². The Hall–Kier alpha value is -2.13. The molecular formula is C20H21ClN2O5S. The fourth-order valence-electron chi connectivity index (χ4n) is 3.48. The van der Waals surface area contributed by atoms with Gasteiger partial charge in [-0.1, -0.05) is 11.6 Å². The van der Waals surface area contributed by atoms with Crippen molar-refractivity contribution in [3.63, 3.8) is 0 Å². The minimum Gasteiger partial charge on any atom is -0.444 e. The van der Waals surface area contributed by atoms with E-state index in [1.807, 2.05) is 30.3 Å². The summed E-state index contributed by atoms with van der Waals surface area (Å²) >= 11 is 7.26. The van der Waals surface area contributed by atoms with Crippen LogP contribution < -0.4 is 9.80 Å². The Morgan fingerprint density at radius 2 is 1.86 bits per heavy atom. The zero-order valence-corrected chi connectivity index (χ0v) is 17.2. The molecule has 1 aromatic heterocycles. The van der Waals surface area contributed by atoms with Gasteiger partial charge in [0, 0.05) is 22.8 Å². The number of aliphatic hydroxyl groups is 1. The van der Waals surface area contributed by atoms with Gasteiger partial charge < -0.3 is 19.5 Å². The smallest absolute Gasteiger partial charge is 0.414 e. The summed E-state index contributed by atoms with van der Waals surface area (Å²) < 4.78 is 11.2. The van der Waals surface area contributed by atoms with E-state index in [1.165, 1.54) is 11.3 Å². The van der Waals surface area contributed by atoms with Crippen molar-refractivity contribution in [2.45, 2.75) is 25.0 Å². The standard InChI is InChI=1S/C20H21ClN2O5S/c21-18-8-7-17(29-18)16(24)6-5-15-11-23(20(26)28-15)14-3-1-13(2-4-14)22-9-10-27-12-19(22)25/h1-4,7-8,15-16,24H,5-6,9-12H2/t15-,16?/m0/s1. The van der Waals surface area contributed by atoms with E-state index in [4.69, 9.17) is 21.1 Å². The van der Waals surface area contributed by atoms with Gasteiger partial charge >= 0.3 is 6.09 Å². The molecule has 7 nitrogen and oxygen atoms in total. The molecule has 3 heterocycles. The van der Waals surface area contributed by atoms with E-state index in [-0.39, 0.29) is 18.6 Å². The van der Waals surface area contributed by atoms with Gasteiger partial charge in [0.05, 0.1) is 23.6 Å². The highest BCUT2D eigenvalue weighted by Crippen LogP contribution is 2.31. The van der Waals surface area contributed by atoms with Gasteiger partial charge in [-0.15, -0.1) is 11.3 Å². The molecule has 1 aromatic carbocycles. The third-order valence-electron chi connectivity index (χ3n) is 5.02. The number of morpholine rings is 1. The van der Waals surface area contributed by atoms with Gasteiger partial charge in [-0.05, 0) is 49.2 Å². The normalized spacial score (nSPS) is 20.8. The molecule has 0 radical (unpaired) electrons. The summed E-state index contributed by atoms with van der Waals surface area (Å²) in [5, 5.41) is 10.3. The Kier molecular flexibility index (Phi) is 6.05. The Balaban J connectivity index is 1.34. The third kappa shape index (κ3) is 4.56. The number of amides is 2. The minimum atomic E-state index is -0.620. The summed E-state index contributed by atoms with van der Waals surface area (Å²) in [4.78, 5) is 28.3. The van der Waals surface area contributed by atoms with Gasteiger partial charge in [0.2, 0.25) is 0 Å². The highest BCUT2D eigenvalue weighted by Gasteiger charge is 2.33. The van der Waals surface area contributed by atoms with Crippen LogP contribution in [0.1, 0.15) is 23.8 Å². The number of rotatable bonds is 6. The van der Waals surface area contributed by atoms with Gasteiger partial charge in [0.1, 0.15) is 12.7 Å². The van der Waals surface area contributed by atoms with Crippen LogP contribution in [0.3, 0.4) is 0 Å². The van der Waals surface area contributed by atoms with E-state index in [0.29, 0.717) is 42.6 Å². The zero-order chi connectivity index (χ0) is 20.4. The average Bonchev–Trinajstić information content (AvgIpc) is 3.32. The molecule has 154 valence electrons. The van der Waals surface area contributed by atoms with Crippen LogP contribution >= 0.6 is 22.9 Å². The summed E-state index contributed by atoms with van der Waals surface area (Å²) in [5.41, 5.74) is 1.50. The van der Waals surface area contributed by atoms with Crippen LogP contribution in [0.15, 0.2) is 36.4 Å². The molecule has 2 aromatic rings. The number of benzene rings is 1. The first-order chi connectivity index (χ1) is 14.0. The maximum Gasteiger partial charge on any atom is 0.414 e. The first-order valence-electron chi connectivity index (χ1n) is 9.41. The Bertz CT molecular complexity index is 887. The van der Waals surface area contributed by atoms with Gasteiger partial charge in [0.25, 0.3) is 5.91 Å². The van der Waals surface area contributed by atoms with E-state index in [2.05, 4.69) is 0 Å². The molecule has 2 aliphatic heterocycles. The molecule has 2 atom stereocenters. The maximum absolute atomic E-state index is 12.3. The van der Waals surface area contributed by atoms with Crippen molar-refractivity contribution in [3.05, 3.63) is 45.6 Å². The molecule has 0 aliphatic carbocycles. The second-order valence-electron chi connectivity index (χ2n) is 6.97. The topological polar surface area (TPSA) is 79.3 Å². The number of hydrogen-bond acceptors (Lipinski definition) is 6. The van der Waals surface area contributed by atoms with Crippen LogP contribution in [0.4, 0.5) is 16.2 Å². The fourth-order valence-corrected chi connectivity index (χ4v) is 4.56. The van der Waals surface area contributed by atoms with Crippen LogP contribution in [0.25, 0.3) is 0 Å². The van der Waals surface area contributed by atoms with Gasteiger partial charge in [0.15, 0.2) is 0 Å². The first kappa shape index (κ1) is 20.2. The molecule has 0 saturated carbocycles. The van der Waals surface area contributed by atoms with Crippen molar-refractivity contribution in [3.8, 4) is 0 Å². The Morgan fingerprint density at radius 1 is 1.14 bits per heavy atom. The van der Waals surface area contributed by atoms with Crippen molar-refractivity contribution in [1.82, 2.24) is 0 Å². The van der Waals surface area contributed by atoms with Crippen LogP contribution in [0.2, 0.25) is 4.34 Å². The molecule has 2 aliphatic rings. The average molecular weight is 437 g/mol. The van der Waals surface area contributed by atoms with Crippen molar-refractivity contribution < 1.29 is 24.2 Å². The maximum atomic E-state index is 12.3. The predicted octanol–water partition coefficient (Wildman–Crippen LogP) is 3.60. The molecule has 1 N–H and O–H groups in total. The predicted molar refractivity (Wildman–Crippen MR) is 111 cm³/mol. The number of anilines is 2. The van der Waals surface area contributed by atoms with Crippen molar-refractivity contribution in [2.24, 2.45) is 0 Å². The molecule has 29 heavy (non-hydrogen) atoms. The van der Waals surface area contributed by atoms with E-state index < -0.39 is 12.2 Å².